The van der Waals surface area contributed by atoms with E-state index in [9.17, 15) is 52.5 Å². The van der Waals surface area contributed by atoms with Crippen LogP contribution in [-0.2, 0) is 107 Å². The first-order valence-electron chi connectivity index (χ1n) is 46.0. The van der Waals surface area contributed by atoms with Crippen LogP contribution < -0.4 is 10.5 Å². The number of hydrogen-bond acceptors (Lipinski definition) is 29. The number of allylic oxidation sites excluding steroid dienone is 5. The summed E-state index contributed by atoms with van der Waals surface area (Å²) in [6.07, 6.45) is 13.9. The van der Waals surface area contributed by atoms with Gasteiger partial charge in [0.1, 0.15) is 54.4 Å². The summed E-state index contributed by atoms with van der Waals surface area (Å²) in [6.45, 7) is 21.6. The predicted molar refractivity (Wildman–Crippen MR) is 490 cm³/mol. The summed E-state index contributed by atoms with van der Waals surface area (Å²) in [5, 5.41) is 36.4. The summed E-state index contributed by atoms with van der Waals surface area (Å²) in [7, 11) is 0.898. The molecule has 1 aliphatic carbocycles. The SMILES string of the molecule is CO[C@H]1C[C@@H]2CC[C@@H](C)[C@@](O)(O2)C(=O)C(=O)N2CCCC[C@H]2C(=O)O[C@H]([C@H](C)C[C@@H]2CC[C@@H](OC(=S)CCCOCCOCCOCCOCCOCCOCCOCCOCCC(=O)CCCS(=O)(=O)c3ccc(C(=O)N4CCOc5ccc(-c6ccc(N)nc6)cc5C4)c(C)c3)[C@H](OC)C2)C[C@@H](O)[C@H](C)/C=C(\C)[C@@H](O)[C@@H](OC)C(=O)[C@H](C)C[C@H](C)/C=C/C=C/C=C/1C. The molecule has 1 aromatic heterocycles. The van der Waals surface area contributed by atoms with E-state index in [2.05, 4.69) is 4.98 Å². The number of aliphatic hydroxyl groups excluding tert-OH is 2. The molecule has 2 amide bonds. The fraction of sp³-hybridized carbons (Fsp3) is 0.670. The van der Waals surface area contributed by atoms with E-state index >= 15 is 0 Å². The molecule has 2 saturated heterocycles. The van der Waals surface area contributed by atoms with E-state index in [-0.39, 0.29) is 103 Å². The number of nitrogen functional groups attached to an aromatic ring is 1. The molecule has 4 aliphatic heterocycles. The molecule has 32 heteroatoms. The number of piperidine rings is 1. The predicted octanol–water partition coefficient (Wildman–Crippen LogP) is 11.4. The van der Waals surface area contributed by atoms with Gasteiger partial charge in [0.15, 0.2) is 20.7 Å². The van der Waals surface area contributed by atoms with Crippen molar-refractivity contribution in [1.82, 2.24) is 14.8 Å². The minimum Gasteiger partial charge on any atom is -0.491 e. The van der Waals surface area contributed by atoms with Gasteiger partial charge in [-0.05, 0) is 193 Å². The minimum atomic E-state index is -3.72. The molecule has 8 rings (SSSR count). The zero-order chi connectivity index (χ0) is 93.4. The summed E-state index contributed by atoms with van der Waals surface area (Å²) in [5.41, 5.74) is 10.6. The standard InChI is InChI=1S/C97H144N4O26S2/c1-65-19-13-12-14-20-66(2)85(113-9)61-78-28-24-72(8)97(110,127-78)93(106)95(108)101-35-16-15-22-81(101)96(109)126-86(62-82(103)68(4)56-71(7)91(105)92(115-11)90(104)70(6)55-65)69(5)57-73-25-31-84(87(59-73)114-10)125-89(128)23-17-37-116-40-42-118-44-46-120-48-50-122-52-53-123-51-49-121-47-45-119-43-41-117-38-34-77(102)21-18-54-129(111,112)79-29-30-80(67(3)58-79)94(107)100-36-39-124-83-32-26-74(60-76(83)64-100)75-27-33-88(98)99-63-75/h12-14,19-20,26-27,29-30,32-33,56,58,60,63,65,68-70,72-73,78,81-82,84-87,91-92,103,105,110H,15-18,21-25,28,31,34-55,57,59,61-62,64H2,1-11H3,(H2,98,99)/b14-12+,19-13+,66-20+,71-56+/t65-,68-,69-,70-,72-,73+,78+,81+,82-,84-,85+,86+,87-,91-,92+,97-/m1/s1. The Morgan fingerprint density at radius 2 is 1.33 bits per heavy atom. The Balaban J connectivity index is 0.643. The van der Waals surface area contributed by atoms with Crippen molar-refractivity contribution in [2.75, 3.05) is 158 Å². The number of hydrogen-bond donors (Lipinski definition) is 4. The van der Waals surface area contributed by atoms with Crippen LogP contribution in [0.2, 0.25) is 0 Å². The Hall–Kier alpha value is -7.19. The van der Waals surface area contributed by atoms with E-state index in [4.69, 9.17) is 89.0 Å². The van der Waals surface area contributed by atoms with E-state index in [1.807, 2.05) is 82.3 Å². The second-order valence-corrected chi connectivity index (χ2v) is 37.4. The normalized spacial score (nSPS) is 27.4. The number of methoxy groups -OCH3 is 3. The lowest BCUT2D eigenvalue weighted by molar-refractivity contribution is -0.265. The van der Waals surface area contributed by atoms with Crippen molar-refractivity contribution in [2.45, 2.75) is 237 Å². The number of benzene rings is 2. The van der Waals surface area contributed by atoms with Crippen LogP contribution >= 0.6 is 12.2 Å². The number of cyclic esters (lactones) is 1. The number of sulfone groups is 1. The van der Waals surface area contributed by atoms with Crippen LogP contribution in [0.3, 0.4) is 0 Å². The Labute approximate surface area is 768 Å². The molecule has 5 N–H and O–H groups in total. The summed E-state index contributed by atoms with van der Waals surface area (Å²) in [5.74, 6) is -7.10. The molecule has 5 heterocycles. The molecular weight excluding hydrogens is 1700 g/mol. The first-order chi connectivity index (χ1) is 61.9. The number of rotatable bonds is 42. The molecule has 16 atom stereocenters. The van der Waals surface area contributed by atoms with Gasteiger partial charge < -0.3 is 102 Å². The lowest BCUT2D eigenvalue weighted by Gasteiger charge is -2.43. The number of amides is 2. The molecule has 0 unspecified atom stereocenters. The Morgan fingerprint density at radius 3 is 1.95 bits per heavy atom. The largest absolute Gasteiger partial charge is 0.491 e. The number of carbonyl (C=O) groups excluding carboxylic acids is 6. The van der Waals surface area contributed by atoms with Crippen molar-refractivity contribution in [2.24, 2.45) is 35.5 Å². The molecule has 30 nitrogen and oxygen atoms in total. The van der Waals surface area contributed by atoms with Crippen LogP contribution in [0, 0.1) is 42.4 Å². The van der Waals surface area contributed by atoms with Crippen LogP contribution in [0.4, 0.5) is 5.82 Å². The van der Waals surface area contributed by atoms with Gasteiger partial charge in [-0.15, -0.1) is 0 Å². The fourth-order valence-electron chi connectivity index (χ4n) is 17.0. The zero-order valence-corrected chi connectivity index (χ0v) is 79.3. The lowest BCUT2D eigenvalue weighted by atomic mass is 9.78. The van der Waals surface area contributed by atoms with Gasteiger partial charge in [0.2, 0.25) is 5.79 Å². The van der Waals surface area contributed by atoms with Crippen molar-refractivity contribution in [1.29, 1.82) is 0 Å². The maximum absolute atomic E-state index is 14.8. The fourth-order valence-corrected chi connectivity index (χ4v) is 18.7. The van der Waals surface area contributed by atoms with Crippen LogP contribution in [-0.4, -0.2) is 292 Å². The van der Waals surface area contributed by atoms with Gasteiger partial charge in [0.25, 0.3) is 17.6 Å². The van der Waals surface area contributed by atoms with Gasteiger partial charge in [-0.3, -0.25) is 24.0 Å². The van der Waals surface area contributed by atoms with E-state index in [1.165, 1.54) is 24.1 Å². The highest BCUT2D eigenvalue weighted by molar-refractivity contribution is 7.91. The maximum Gasteiger partial charge on any atom is 0.329 e. The highest BCUT2D eigenvalue weighted by Crippen LogP contribution is 2.40. The van der Waals surface area contributed by atoms with Crippen LogP contribution in [0.1, 0.15) is 179 Å². The molecule has 2 aromatic carbocycles. The number of nitrogens with two attached hydrogens (primary N) is 1. The average Bonchev–Trinajstić information content (AvgIpc) is 1.08. The summed E-state index contributed by atoms with van der Waals surface area (Å²) in [6, 6.07) is 12.8. The van der Waals surface area contributed by atoms with Crippen molar-refractivity contribution >= 4 is 68.1 Å². The third kappa shape index (κ3) is 34.7. The monoisotopic (exact) mass is 1840 g/mol. The maximum atomic E-state index is 14.8. The van der Waals surface area contributed by atoms with Crippen LogP contribution in [0.25, 0.3) is 11.1 Å². The van der Waals surface area contributed by atoms with E-state index < -0.39 is 93.7 Å². The van der Waals surface area contributed by atoms with Crippen molar-refractivity contribution in [3.05, 3.63) is 119 Å². The smallest absolute Gasteiger partial charge is 0.329 e. The van der Waals surface area contributed by atoms with Crippen LogP contribution in [0.15, 0.2) is 107 Å². The molecule has 0 radical (unpaired) electrons. The second kappa shape index (κ2) is 56.1. The quantitative estimate of drug-likeness (QED) is 0.0135. The Morgan fingerprint density at radius 1 is 0.674 bits per heavy atom. The van der Waals surface area contributed by atoms with E-state index in [0.717, 1.165) is 28.7 Å². The van der Waals surface area contributed by atoms with Gasteiger partial charge in [0.05, 0.1) is 141 Å². The number of ketones is 3. The third-order valence-electron chi connectivity index (χ3n) is 24.8. The van der Waals surface area contributed by atoms with E-state index in [1.54, 1.807) is 71.2 Å². The number of aliphatic hydroxyl groups is 3. The molecular formula is C97H144N4O26S2. The second-order valence-electron chi connectivity index (χ2n) is 34.8. The number of nitrogens with zero attached hydrogens (tertiary/aromatic N) is 3. The van der Waals surface area contributed by atoms with Gasteiger partial charge >= 0.3 is 5.97 Å². The summed E-state index contributed by atoms with van der Waals surface area (Å²) in [4.78, 5) is 91.4. The minimum absolute atomic E-state index is 0.00111. The first kappa shape index (κ1) is 107. The Bertz CT molecular complexity index is 4240. The highest BCUT2D eigenvalue weighted by Gasteiger charge is 2.53. The number of anilines is 1. The molecule has 720 valence electrons. The van der Waals surface area contributed by atoms with Crippen molar-refractivity contribution in [3.8, 4) is 16.9 Å². The Kier molecular flexibility index (Phi) is 46.6. The number of aryl methyl sites for hydroxylation is 1. The topological polar surface area (TPSA) is 381 Å². The molecule has 5 aliphatic rings. The molecule has 3 fully saturated rings. The highest BCUT2D eigenvalue weighted by atomic mass is 32.2. The molecule has 129 heavy (non-hydrogen) atoms. The summed E-state index contributed by atoms with van der Waals surface area (Å²) < 4.78 is 114. The molecule has 0 spiro atoms. The first-order valence-corrected chi connectivity index (χ1v) is 48.1. The van der Waals surface area contributed by atoms with Crippen molar-refractivity contribution in [3.63, 3.8) is 0 Å². The van der Waals surface area contributed by atoms with Crippen LogP contribution in [0.5, 0.6) is 5.75 Å². The van der Waals surface area contributed by atoms with Gasteiger partial charge in [-0.25, -0.2) is 18.2 Å². The number of ether oxygens (including phenoxy) is 15. The number of pyridine rings is 1. The number of thiocarbonyl (C=S) groups is 1. The molecule has 3 aromatic rings. The lowest BCUT2D eigenvalue weighted by Crippen LogP contribution is -2.61. The van der Waals surface area contributed by atoms with Gasteiger partial charge in [-0.1, -0.05) is 77.1 Å². The zero-order valence-electron chi connectivity index (χ0n) is 77.7. The van der Waals surface area contributed by atoms with E-state index in [0.29, 0.717) is 223 Å². The molecule has 2 bridgehead atoms. The number of fused-ring (bicyclic) bond motifs is 4. The van der Waals surface area contributed by atoms with Gasteiger partial charge in [-0.2, -0.15) is 0 Å². The average molecular weight is 1850 g/mol. The number of Topliss-reactive ketones (excluding diaryl/α,β-unsaturated/α-hetero) is 3. The van der Waals surface area contributed by atoms with Crippen molar-refractivity contribution < 1.29 is 124 Å². The number of carbonyl (C=O) groups is 6. The summed E-state index contributed by atoms with van der Waals surface area (Å²) >= 11 is 5.73. The number of aromatic nitrogens is 1. The third-order valence-corrected chi connectivity index (χ3v) is 26.9. The van der Waals surface area contributed by atoms with Gasteiger partial charge in [0, 0.05) is 114 Å². The molecule has 1 saturated carbocycles. The number of esters is 1.